The monoisotopic (exact) mass is 177 g/mol. The minimum Gasteiger partial charge on any atom is -0.375 e. The standard InChI is InChI=1S/C11H15NO/c1-8-3-4-9-6-13-7-11(12-2)10(9)5-8/h3-5,11-12H,6-7H2,1-2H3/t11-/m1/s1. The second-order valence-electron chi connectivity index (χ2n) is 3.56. The maximum atomic E-state index is 5.48. The van der Waals surface area contributed by atoms with Gasteiger partial charge in [-0.05, 0) is 25.1 Å². The molecule has 2 heteroatoms. The Morgan fingerprint density at radius 3 is 3.08 bits per heavy atom. The van der Waals surface area contributed by atoms with Crippen LogP contribution in [0.1, 0.15) is 22.7 Å². The van der Waals surface area contributed by atoms with Crippen LogP contribution in [0.4, 0.5) is 0 Å². The van der Waals surface area contributed by atoms with Gasteiger partial charge in [-0.2, -0.15) is 0 Å². The fourth-order valence-electron chi connectivity index (χ4n) is 1.79. The van der Waals surface area contributed by atoms with Crippen LogP contribution >= 0.6 is 0 Å². The summed E-state index contributed by atoms with van der Waals surface area (Å²) in [4.78, 5) is 0. The number of hydrogen-bond donors (Lipinski definition) is 1. The van der Waals surface area contributed by atoms with Gasteiger partial charge in [-0.1, -0.05) is 23.8 Å². The third-order valence-electron chi connectivity index (χ3n) is 2.57. The van der Waals surface area contributed by atoms with Crippen molar-refractivity contribution in [1.82, 2.24) is 5.32 Å². The second-order valence-corrected chi connectivity index (χ2v) is 3.56. The van der Waals surface area contributed by atoms with Gasteiger partial charge in [0.15, 0.2) is 0 Å². The van der Waals surface area contributed by atoms with E-state index in [4.69, 9.17) is 4.74 Å². The first-order valence-electron chi connectivity index (χ1n) is 4.65. The number of aryl methyl sites for hydroxylation is 1. The number of ether oxygens (including phenoxy) is 1. The number of nitrogens with one attached hydrogen (secondary N) is 1. The third-order valence-corrected chi connectivity index (χ3v) is 2.57. The van der Waals surface area contributed by atoms with Crippen molar-refractivity contribution < 1.29 is 4.74 Å². The van der Waals surface area contributed by atoms with Gasteiger partial charge in [0.25, 0.3) is 0 Å². The van der Waals surface area contributed by atoms with Gasteiger partial charge in [0.1, 0.15) is 0 Å². The lowest BCUT2D eigenvalue weighted by atomic mass is 9.97. The van der Waals surface area contributed by atoms with E-state index in [-0.39, 0.29) is 0 Å². The lowest BCUT2D eigenvalue weighted by Crippen LogP contribution is -2.26. The number of hydrogen-bond acceptors (Lipinski definition) is 2. The van der Waals surface area contributed by atoms with E-state index in [9.17, 15) is 0 Å². The minimum atomic E-state index is 0.364. The molecule has 1 N–H and O–H groups in total. The van der Waals surface area contributed by atoms with Crippen LogP contribution in [-0.4, -0.2) is 13.7 Å². The predicted molar refractivity (Wildman–Crippen MR) is 52.6 cm³/mol. The number of likely N-dealkylation sites (N-methyl/N-ethyl adjacent to an activating group) is 1. The summed E-state index contributed by atoms with van der Waals surface area (Å²) in [5.74, 6) is 0. The zero-order valence-corrected chi connectivity index (χ0v) is 8.13. The molecule has 13 heavy (non-hydrogen) atoms. The van der Waals surface area contributed by atoms with Crippen LogP contribution in [-0.2, 0) is 11.3 Å². The molecule has 0 spiro atoms. The number of benzene rings is 1. The van der Waals surface area contributed by atoms with Gasteiger partial charge in [-0.25, -0.2) is 0 Å². The molecule has 0 fully saturated rings. The first-order chi connectivity index (χ1) is 6.31. The van der Waals surface area contributed by atoms with Crippen LogP contribution in [0.25, 0.3) is 0 Å². The average Bonchev–Trinajstić information content (AvgIpc) is 2.17. The smallest absolute Gasteiger partial charge is 0.0721 e. The van der Waals surface area contributed by atoms with Crippen LogP contribution < -0.4 is 5.32 Å². The topological polar surface area (TPSA) is 21.3 Å². The fourth-order valence-corrected chi connectivity index (χ4v) is 1.79. The van der Waals surface area contributed by atoms with Gasteiger partial charge < -0.3 is 10.1 Å². The molecule has 1 aliphatic rings. The Balaban J connectivity index is 2.41. The first-order valence-corrected chi connectivity index (χ1v) is 4.65. The van der Waals surface area contributed by atoms with E-state index in [1.54, 1.807) is 0 Å². The summed E-state index contributed by atoms with van der Waals surface area (Å²) in [6.07, 6.45) is 0. The highest BCUT2D eigenvalue weighted by Gasteiger charge is 2.18. The van der Waals surface area contributed by atoms with Crippen LogP contribution in [0.15, 0.2) is 18.2 Å². The van der Waals surface area contributed by atoms with Crippen molar-refractivity contribution in [1.29, 1.82) is 0 Å². The molecule has 0 saturated heterocycles. The Bertz CT molecular complexity index is 309. The van der Waals surface area contributed by atoms with Crippen molar-refractivity contribution in [3.8, 4) is 0 Å². The van der Waals surface area contributed by atoms with E-state index in [1.165, 1.54) is 16.7 Å². The molecule has 1 atom stereocenters. The second kappa shape index (κ2) is 3.48. The molecule has 70 valence electrons. The van der Waals surface area contributed by atoms with Gasteiger partial charge in [0, 0.05) is 0 Å². The molecule has 1 aliphatic heterocycles. The largest absolute Gasteiger partial charge is 0.375 e. The molecule has 1 aromatic carbocycles. The van der Waals surface area contributed by atoms with Gasteiger partial charge in [-0.15, -0.1) is 0 Å². The third kappa shape index (κ3) is 1.60. The highest BCUT2D eigenvalue weighted by molar-refractivity contribution is 5.34. The molecule has 1 aromatic rings. The Morgan fingerprint density at radius 1 is 1.46 bits per heavy atom. The van der Waals surface area contributed by atoms with Crippen LogP contribution in [0, 0.1) is 6.92 Å². The molecule has 0 unspecified atom stereocenters. The summed E-state index contributed by atoms with van der Waals surface area (Å²) in [6, 6.07) is 6.91. The van der Waals surface area contributed by atoms with E-state index in [1.807, 2.05) is 7.05 Å². The summed E-state index contributed by atoms with van der Waals surface area (Å²) in [5, 5.41) is 3.26. The van der Waals surface area contributed by atoms with Gasteiger partial charge >= 0.3 is 0 Å². The Morgan fingerprint density at radius 2 is 2.31 bits per heavy atom. The molecule has 1 heterocycles. The zero-order valence-electron chi connectivity index (χ0n) is 8.13. The van der Waals surface area contributed by atoms with Crippen LogP contribution in [0.2, 0.25) is 0 Å². The molecule has 0 amide bonds. The highest BCUT2D eigenvalue weighted by Crippen LogP contribution is 2.25. The minimum absolute atomic E-state index is 0.364. The molecular formula is C11H15NO. The molecule has 0 aromatic heterocycles. The van der Waals surface area contributed by atoms with Gasteiger partial charge in [0.2, 0.25) is 0 Å². The van der Waals surface area contributed by atoms with Gasteiger partial charge in [0.05, 0.1) is 19.3 Å². The SMILES string of the molecule is CN[C@@H]1COCc2ccc(C)cc21. The molecule has 2 nitrogen and oxygen atoms in total. The molecule has 0 saturated carbocycles. The summed E-state index contributed by atoms with van der Waals surface area (Å²) in [6.45, 7) is 3.67. The molecule has 0 radical (unpaired) electrons. The van der Waals surface area contributed by atoms with Crippen molar-refractivity contribution in [2.24, 2.45) is 0 Å². The van der Waals surface area contributed by atoms with Crippen molar-refractivity contribution >= 4 is 0 Å². The van der Waals surface area contributed by atoms with Crippen molar-refractivity contribution in [2.75, 3.05) is 13.7 Å². The predicted octanol–water partition coefficient (Wildman–Crippen LogP) is 1.79. The zero-order chi connectivity index (χ0) is 9.26. The summed E-state index contributed by atoms with van der Waals surface area (Å²) in [5.41, 5.74) is 4.03. The lowest BCUT2D eigenvalue weighted by Gasteiger charge is -2.25. The molecule has 0 aliphatic carbocycles. The summed E-state index contributed by atoms with van der Waals surface area (Å²) < 4.78 is 5.48. The van der Waals surface area contributed by atoms with E-state index < -0.39 is 0 Å². The number of rotatable bonds is 1. The van der Waals surface area contributed by atoms with Gasteiger partial charge in [-0.3, -0.25) is 0 Å². The quantitative estimate of drug-likeness (QED) is 0.706. The van der Waals surface area contributed by atoms with E-state index >= 15 is 0 Å². The highest BCUT2D eigenvalue weighted by atomic mass is 16.5. The Labute approximate surface area is 78.9 Å². The maximum absolute atomic E-state index is 5.48. The van der Waals surface area contributed by atoms with E-state index in [0.29, 0.717) is 6.04 Å². The lowest BCUT2D eigenvalue weighted by molar-refractivity contribution is 0.0844. The Kier molecular flexibility index (Phi) is 2.34. The van der Waals surface area contributed by atoms with Crippen LogP contribution in [0.3, 0.4) is 0 Å². The Hall–Kier alpha value is -0.860. The van der Waals surface area contributed by atoms with Crippen molar-refractivity contribution in [3.05, 3.63) is 34.9 Å². The normalized spacial score (nSPS) is 21.2. The molecule has 0 bridgehead atoms. The fraction of sp³-hybridized carbons (Fsp3) is 0.455. The van der Waals surface area contributed by atoms with E-state index in [0.717, 1.165) is 13.2 Å². The van der Waals surface area contributed by atoms with Crippen molar-refractivity contribution in [2.45, 2.75) is 19.6 Å². The molecule has 2 rings (SSSR count). The van der Waals surface area contributed by atoms with E-state index in [2.05, 4.69) is 30.4 Å². The van der Waals surface area contributed by atoms with Crippen molar-refractivity contribution in [3.63, 3.8) is 0 Å². The summed E-state index contributed by atoms with van der Waals surface area (Å²) in [7, 11) is 1.98. The average molecular weight is 177 g/mol. The van der Waals surface area contributed by atoms with Crippen LogP contribution in [0.5, 0.6) is 0 Å². The number of fused-ring (bicyclic) bond motifs is 1. The molecular weight excluding hydrogens is 162 g/mol. The maximum Gasteiger partial charge on any atom is 0.0721 e. The summed E-state index contributed by atoms with van der Waals surface area (Å²) >= 11 is 0. The first kappa shape index (κ1) is 8.73.